The summed E-state index contributed by atoms with van der Waals surface area (Å²) in [5, 5.41) is 14.0. The second-order valence-electron chi connectivity index (χ2n) is 10.1. The number of aliphatic hydroxyl groups is 1. The summed E-state index contributed by atoms with van der Waals surface area (Å²) >= 11 is 0. The maximum atomic E-state index is 13.3. The highest BCUT2D eigenvalue weighted by Gasteiger charge is 2.30. The van der Waals surface area contributed by atoms with Gasteiger partial charge >= 0.3 is 6.61 Å². The van der Waals surface area contributed by atoms with E-state index in [0.29, 0.717) is 23.4 Å². The number of likely N-dealkylation sites (tertiary alicyclic amines) is 1. The van der Waals surface area contributed by atoms with Gasteiger partial charge in [-0.2, -0.15) is 8.78 Å². The Balaban J connectivity index is 1.49. The fourth-order valence-corrected chi connectivity index (χ4v) is 4.97. The molecule has 3 heterocycles. The molecule has 2 aromatic heterocycles. The summed E-state index contributed by atoms with van der Waals surface area (Å²) in [5.41, 5.74) is 1.32. The van der Waals surface area contributed by atoms with E-state index in [9.17, 15) is 18.7 Å². The Morgan fingerprint density at radius 2 is 1.95 bits per heavy atom. The number of alkyl halides is 2. The molecule has 2 fully saturated rings. The van der Waals surface area contributed by atoms with E-state index < -0.39 is 18.1 Å². The highest BCUT2D eigenvalue weighted by atomic mass is 19.3. The van der Waals surface area contributed by atoms with Gasteiger partial charge in [0.15, 0.2) is 0 Å². The third kappa shape index (κ3) is 5.55. The lowest BCUT2D eigenvalue weighted by molar-refractivity contribution is -0.0502. The van der Waals surface area contributed by atoms with Gasteiger partial charge in [-0.25, -0.2) is 4.98 Å². The number of aromatic nitrogens is 2. The zero-order valence-corrected chi connectivity index (χ0v) is 21.0. The maximum Gasteiger partial charge on any atom is 0.387 e. The van der Waals surface area contributed by atoms with Crippen molar-refractivity contribution in [3.8, 4) is 22.8 Å². The number of amides is 1. The van der Waals surface area contributed by atoms with Gasteiger partial charge in [0, 0.05) is 24.3 Å². The molecule has 8 nitrogen and oxygen atoms in total. The predicted molar refractivity (Wildman–Crippen MR) is 134 cm³/mol. The first kappa shape index (κ1) is 25.4. The Morgan fingerprint density at radius 3 is 2.62 bits per heavy atom. The predicted octanol–water partition coefficient (Wildman–Crippen LogP) is 4.20. The molecule has 1 saturated carbocycles. The molecule has 0 spiro atoms. The molecule has 1 aliphatic carbocycles. The number of fused-ring (bicyclic) bond motifs is 1. The van der Waals surface area contributed by atoms with Gasteiger partial charge in [-0.1, -0.05) is 6.42 Å². The minimum Gasteiger partial charge on any atom is -0.496 e. The number of nitrogens with zero attached hydrogens (tertiary/aromatic N) is 3. The summed E-state index contributed by atoms with van der Waals surface area (Å²) in [4.78, 5) is 19.6. The molecular weight excluding hydrogens is 482 g/mol. The second-order valence-corrected chi connectivity index (χ2v) is 10.1. The van der Waals surface area contributed by atoms with Crippen molar-refractivity contribution in [1.29, 1.82) is 0 Å². The van der Waals surface area contributed by atoms with Crippen LogP contribution in [0.25, 0.3) is 16.9 Å². The number of β-amino-alcohol motifs (C(OH)–C–C–N with tert-alkyl or cyclic N) is 1. The van der Waals surface area contributed by atoms with Crippen LogP contribution in [0.2, 0.25) is 0 Å². The summed E-state index contributed by atoms with van der Waals surface area (Å²) < 4.78 is 38.6. The van der Waals surface area contributed by atoms with Gasteiger partial charge in [0.1, 0.15) is 22.7 Å². The van der Waals surface area contributed by atoms with E-state index in [0.717, 1.165) is 44.3 Å². The van der Waals surface area contributed by atoms with Gasteiger partial charge in [0.2, 0.25) is 0 Å². The Kier molecular flexibility index (Phi) is 7.04. The highest BCUT2D eigenvalue weighted by Crippen LogP contribution is 2.37. The molecule has 1 amide bonds. The Bertz CT molecular complexity index is 1280. The molecule has 1 aromatic carbocycles. The lowest BCUT2D eigenvalue weighted by atomic mass is 9.95. The molecule has 1 aliphatic heterocycles. The van der Waals surface area contributed by atoms with E-state index in [1.165, 1.54) is 19.6 Å². The Labute approximate surface area is 214 Å². The minimum atomic E-state index is -3.11. The molecule has 2 N–H and O–H groups in total. The number of ether oxygens (including phenoxy) is 2. The lowest BCUT2D eigenvalue weighted by Gasteiger charge is -2.34. The zero-order valence-electron chi connectivity index (χ0n) is 21.0. The third-order valence-electron chi connectivity index (χ3n) is 7.05. The number of methoxy groups -OCH3 is 1. The number of rotatable bonds is 9. The smallest absolute Gasteiger partial charge is 0.387 e. The monoisotopic (exact) mass is 514 g/mol. The largest absolute Gasteiger partial charge is 0.496 e. The van der Waals surface area contributed by atoms with Crippen LogP contribution in [0.15, 0.2) is 36.7 Å². The van der Waals surface area contributed by atoms with Crippen LogP contribution in [0.5, 0.6) is 11.5 Å². The van der Waals surface area contributed by atoms with Gasteiger partial charge in [-0.3, -0.25) is 9.20 Å². The number of imidazole rings is 1. The average molecular weight is 515 g/mol. The van der Waals surface area contributed by atoms with Crippen molar-refractivity contribution >= 4 is 11.6 Å². The summed E-state index contributed by atoms with van der Waals surface area (Å²) in [6.07, 6.45) is 8.62. The molecule has 5 rings (SSSR count). The van der Waals surface area contributed by atoms with Gasteiger partial charge in [0.05, 0.1) is 24.6 Å². The van der Waals surface area contributed by atoms with Crippen LogP contribution < -0.4 is 14.8 Å². The maximum absolute atomic E-state index is 13.3. The summed E-state index contributed by atoms with van der Waals surface area (Å²) in [7, 11) is 1.38. The minimum absolute atomic E-state index is 0.0383. The Hall–Kier alpha value is -3.24. The quantitative estimate of drug-likeness (QED) is 0.445. The molecule has 0 bridgehead atoms. The first-order valence-corrected chi connectivity index (χ1v) is 12.7. The summed E-state index contributed by atoms with van der Waals surface area (Å²) in [6.45, 7) is 1.18. The van der Waals surface area contributed by atoms with Crippen LogP contribution in [0.4, 0.5) is 8.78 Å². The van der Waals surface area contributed by atoms with E-state index in [1.807, 2.05) is 19.1 Å². The van der Waals surface area contributed by atoms with Crippen molar-refractivity contribution in [3.63, 3.8) is 0 Å². The number of benzene rings is 1. The van der Waals surface area contributed by atoms with E-state index in [4.69, 9.17) is 9.47 Å². The van der Waals surface area contributed by atoms with E-state index >= 15 is 0 Å². The number of carbonyl (C=O) groups excluding carboxylic acids is 1. The van der Waals surface area contributed by atoms with E-state index in [2.05, 4.69) is 15.2 Å². The first-order chi connectivity index (χ1) is 17.7. The fourth-order valence-electron chi connectivity index (χ4n) is 4.97. The fraction of sp³-hybridized carbons (Fsp3) is 0.481. The molecule has 0 radical (unpaired) electrons. The Morgan fingerprint density at radius 1 is 1.22 bits per heavy atom. The molecule has 1 saturated heterocycles. The van der Waals surface area contributed by atoms with Crippen molar-refractivity contribution in [2.75, 3.05) is 26.7 Å². The molecule has 2 aliphatic rings. The second kappa shape index (κ2) is 10.3. The number of hydrogen-bond acceptors (Lipinski definition) is 6. The van der Waals surface area contributed by atoms with Crippen molar-refractivity contribution in [3.05, 3.63) is 47.8 Å². The third-order valence-corrected chi connectivity index (χ3v) is 7.05. The van der Waals surface area contributed by atoms with Crippen molar-refractivity contribution in [2.24, 2.45) is 0 Å². The normalized spacial score (nSPS) is 18.1. The first-order valence-electron chi connectivity index (χ1n) is 12.7. The number of piperidine rings is 1. The van der Waals surface area contributed by atoms with Crippen molar-refractivity contribution < 1.29 is 28.2 Å². The molecule has 3 aromatic rings. The van der Waals surface area contributed by atoms with Crippen LogP contribution >= 0.6 is 0 Å². The summed E-state index contributed by atoms with van der Waals surface area (Å²) in [6, 6.07) is 6.73. The number of halogens is 2. The SMILES string of the molecule is COc1cc(-c2cnc3cc(C(C)(O)CN4CCCCC4)ccn23)cc(OC(F)F)c1C(=O)NC1CC1. The molecule has 198 valence electrons. The molecule has 1 atom stereocenters. The van der Waals surface area contributed by atoms with Crippen LogP contribution in [-0.4, -0.2) is 64.7 Å². The van der Waals surface area contributed by atoms with Crippen LogP contribution in [0, 0.1) is 0 Å². The molecule has 37 heavy (non-hydrogen) atoms. The standard InChI is InChI=1S/C27H32F2N4O4/c1-27(35,16-32-9-4-3-5-10-32)18-8-11-33-20(15-30-23(33)14-18)17-12-21(36-2)24(22(13-17)37-26(28)29)25(34)31-19-6-7-19/h8,11-15,19,26,35H,3-7,9-10,16H2,1-2H3,(H,31,34). The van der Waals surface area contributed by atoms with Gasteiger partial charge in [0.25, 0.3) is 5.91 Å². The number of nitrogens with one attached hydrogen (secondary N) is 1. The van der Waals surface area contributed by atoms with Gasteiger partial charge in [-0.15, -0.1) is 0 Å². The number of pyridine rings is 1. The van der Waals surface area contributed by atoms with Crippen LogP contribution in [0.3, 0.4) is 0 Å². The summed E-state index contributed by atoms with van der Waals surface area (Å²) in [5.74, 6) is -0.652. The van der Waals surface area contributed by atoms with Gasteiger partial charge in [-0.05, 0) is 75.5 Å². The van der Waals surface area contributed by atoms with Crippen LogP contribution in [-0.2, 0) is 5.60 Å². The van der Waals surface area contributed by atoms with E-state index in [-0.39, 0.29) is 23.1 Å². The highest BCUT2D eigenvalue weighted by molar-refractivity contribution is 6.01. The average Bonchev–Trinajstić information content (AvgIpc) is 3.57. The molecule has 1 unspecified atom stereocenters. The number of hydrogen-bond donors (Lipinski definition) is 2. The topological polar surface area (TPSA) is 88.3 Å². The molecule has 10 heteroatoms. The lowest BCUT2D eigenvalue weighted by Crippen LogP contribution is -2.41. The molecular formula is C27H32F2N4O4. The zero-order chi connectivity index (χ0) is 26.2. The van der Waals surface area contributed by atoms with E-state index in [1.54, 1.807) is 22.9 Å². The van der Waals surface area contributed by atoms with Crippen molar-refractivity contribution in [2.45, 2.75) is 57.3 Å². The van der Waals surface area contributed by atoms with Crippen LogP contribution in [0.1, 0.15) is 54.9 Å². The number of carbonyl (C=O) groups is 1. The van der Waals surface area contributed by atoms with Crippen molar-refractivity contribution in [1.82, 2.24) is 19.6 Å². The van der Waals surface area contributed by atoms with Gasteiger partial charge < -0.3 is 24.8 Å².